The number of aryl methyl sites for hydroxylation is 1. The van der Waals surface area contributed by atoms with Crippen molar-refractivity contribution in [2.75, 3.05) is 20.3 Å². The van der Waals surface area contributed by atoms with Crippen molar-refractivity contribution >= 4 is 22.5 Å². The molecule has 0 bridgehead atoms. The molecule has 0 aliphatic heterocycles. The lowest BCUT2D eigenvalue weighted by Crippen LogP contribution is -2.27. The fourth-order valence-corrected chi connectivity index (χ4v) is 3.08. The smallest absolute Gasteiger partial charge is 0.275 e. The number of methoxy groups -OCH3 is 1. The van der Waals surface area contributed by atoms with Crippen LogP contribution in [-0.4, -0.2) is 35.1 Å². The number of fused-ring (bicyclic) bond motifs is 3. The number of carbonyl (C=O) groups excluding carboxylic acids is 1. The molecule has 0 aliphatic carbocycles. The minimum Gasteiger partial charge on any atom is -0.385 e. The Morgan fingerprint density at radius 1 is 1.19 bits per heavy atom. The fourth-order valence-electron chi connectivity index (χ4n) is 3.08. The summed E-state index contributed by atoms with van der Waals surface area (Å²) < 4.78 is 22.0. The number of ether oxygens (including phenoxy) is 1. The minimum atomic E-state index is -0.395. The van der Waals surface area contributed by atoms with Gasteiger partial charge in [0.15, 0.2) is 0 Å². The van der Waals surface area contributed by atoms with Crippen molar-refractivity contribution in [2.24, 2.45) is 0 Å². The van der Waals surface area contributed by atoms with Gasteiger partial charge < -0.3 is 19.0 Å². The molecule has 0 unspecified atom stereocenters. The number of amides is 1. The number of aromatic nitrogens is 2. The monoisotopic (exact) mass is 359 g/mol. The van der Waals surface area contributed by atoms with Crippen molar-refractivity contribution in [2.45, 2.75) is 25.8 Å². The Labute approximate surface area is 150 Å². The molecule has 7 heteroatoms. The van der Waals surface area contributed by atoms with Gasteiger partial charge in [0.2, 0.25) is 5.91 Å². The van der Waals surface area contributed by atoms with Crippen molar-refractivity contribution in [3.05, 3.63) is 52.7 Å². The summed E-state index contributed by atoms with van der Waals surface area (Å²) in [4.78, 5) is 24.6. The van der Waals surface area contributed by atoms with E-state index in [1.54, 1.807) is 40.5 Å². The molecule has 6 nitrogen and oxygen atoms in total. The predicted molar refractivity (Wildman–Crippen MR) is 97.9 cm³/mol. The van der Waals surface area contributed by atoms with E-state index in [4.69, 9.17) is 4.74 Å². The summed E-state index contributed by atoms with van der Waals surface area (Å²) in [6, 6.07) is 7.93. The van der Waals surface area contributed by atoms with Crippen molar-refractivity contribution in [3.63, 3.8) is 0 Å². The number of hydrogen-bond acceptors (Lipinski definition) is 3. The first-order valence-electron chi connectivity index (χ1n) is 8.66. The maximum absolute atomic E-state index is 13.7. The number of carbonyl (C=O) groups is 1. The number of benzene rings is 1. The fraction of sp³-hybridized carbons (Fsp3) is 0.368. The number of halogens is 1. The largest absolute Gasteiger partial charge is 0.385 e. The number of nitrogens with zero attached hydrogens (tertiary/aromatic N) is 2. The van der Waals surface area contributed by atoms with Crippen LogP contribution in [-0.2, 0) is 16.1 Å². The first-order valence-corrected chi connectivity index (χ1v) is 8.66. The van der Waals surface area contributed by atoms with Crippen LogP contribution < -0.4 is 10.9 Å². The lowest BCUT2D eigenvalue weighted by Gasteiger charge is -2.13. The van der Waals surface area contributed by atoms with Crippen molar-refractivity contribution in [1.82, 2.24) is 14.3 Å². The maximum atomic E-state index is 13.7. The van der Waals surface area contributed by atoms with Crippen LogP contribution in [0.1, 0.15) is 19.3 Å². The van der Waals surface area contributed by atoms with Crippen LogP contribution in [0.4, 0.5) is 4.39 Å². The second-order valence-corrected chi connectivity index (χ2v) is 6.15. The van der Waals surface area contributed by atoms with Crippen LogP contribution in [0.25, 0.3) is 16.6 Å². The highest BCUT2D eigenvalue weighted by molar-refractivity contribution is 5.79. The van der Waals surface area contributed by atoms with Gasteiger partial charge in [0.05, 0.1) is 11.0 Å². The summed E-state index contributed by atoms with van der Waals surface area (Å²) >= 11 is 0. The standard InChI is InChI=1S/C19H22FN3O3/c1-26-12-4-9-21-18(24)6-3-11-23-17-13-14(20)7-8-15(17)22-10-2-5-16(22)19(23)25/h2,5,7-8,10,13H,3-4,6,9,11-12H2,1H3,(H,21,24). The van der Waals surface area contributed by atoms with E-state index in [1.165, 1.54) is 12.1 Å². The molecule has 0 aliphatic rings. The summed E-state index contributed by atoms with van der Waals surface area (Å²) in [5.41, 5.74) is 1.64. The van der Waals surface area contributed by atoms with Gasteiger partial charge in [-0.3, -0.25) is 9.59 Å². The average molecular weight is 359 g/mol. The third kappa shape index (κ3) is 3.77. The molecule has 0 saturated heterocycles. The second kappa shape index (κ2) is 8.14. The van der Waals surface area contributed by atoms with E-state index >= 15 is 0 Å². The van der Waals surface area contributed by atoms with Crippen molar-refractivity contribution in [1.29, 1.82) is 0 Å². The lowest BCUT2D eigenvalue weighted by atomic mass is 10.2. The summed E-state index contributed by atoms with van der Waals surface area (Å²) in [5.74, 6) is -0.457. The van der Waals surface area contributed by atoms with E-state index in [2.05, 4.69) is 5.32 Å². The Kier molecular flexibility index (Phi) is 5.68. The van der Waals surface area contributed by atoms with Crippen LogP contribution >= 0.6 is 0 Å². The normalized spacial score (nSPS) is 11.3. The Hall–Kier alpha value is -2.67. The zero-order valence-corrected chi connectivity index (χ0v) is 14.7. The Morgan fingerprint density at radius 2 is 2.04 bits per heavy atom. The first kappa shape index (κ1) is 18.1. The SMILES string of the molecule is COCCCNC(=O)CCCn1c(=O)c2cccn2c2ccc(F)cc21. The second-order valence-electron chi connectivity index (χ2n) is 6.15. The molecule has 0 fully saturated rings. The third-order valence-electron chi connectivity index (χ3n) is 4.33. The quantitative estimate of drug-likeness (QED) is 0.628. The summed E-state index contributed by atoms with van der Waals surface area (Å²) in [5, 5.41) is 2.82. The molecule has 0 spiro atoms. The van der Waals surface area contributed by atoms with Gasteiger partial charge in [0, 0.05) is 39.4 Å². The van der Waals surface area contributed by atoms with E-state index in [0.29, 0.717) is 43.6 Å². The molecular formula is C19H22FN3O3. The highest BCUT2D eigenvalue weighted by atomic mass is 19.1. The Balaban J connectivity index is 1.76. The molecule has 1 aromatic carbocycles. The van der Waals surface area contributed by atoms with Crippen LogP contribution in [0, 0.1) is 5.82 Å². The molecule has 1 amide bonds. The predicted octanol–water partition coefficient (Wildman–Crippen LogP) is 2.33. The van der Waals surface area contributed by atoms with E-state index < -0.39 is 5.82 Å². The minimum absolute atomic E-state index is 0.0617. The zero-order chi connectivity index (χ0) is 18.5. The highest BCUT2D eigenvalue weighted by Crippen LogP contribution is 2.17. The summed E-state index contributed by atoms with van der Waals surface area (Å²) in [6.45, 7) is 1.52. The van der Waals surface area contributed by atoms with Crippen molar-refractivity contribution in [3.8, 4) is 0 Å². The van der Waals surface area contributed by atoms with Crippen LogP contribution in [0.3, 0.4) is 0 Å². The Bertz CT molecular complexity index is 977. The van der Waals surface area contributed by atoms with Gasteiger partial charge >= 0.3 is 0 Å². The van der Waals surface area contributed by atoms with Gasteiger partial charge in [0.25, 0.3) is 5.56 Å². The average Bonchev–Trinajstić information content (AvgIpc) is 3.11. The molecular weight excluding hydrogens is 337 g/mol. The topological polar surface area (TPSA) is 64.7 Å². The van der Waals surface area contributed by atoms with E-state index in [-0.39, 0.29) is 11.5 Å². The number of nitrogens with one attached hydrogen (secondary N) is 1. The molecule has 1 N–H and O–H groups in total. The van der Waals surface area contributed by atoms with Crippen LogP contribution in [0.5, 0.6) is 0 Å². The zero-order valence-electron chi connectivity index (χ0n) is 14.7. The van der Waals surface area contributed by atoms with Crippen LogP contribution in [0.15, 0.2) is 41.3 Å². The molecule has 0 atom stereocenters. The molecule has 2 heterocycles. The maximum Gasteiger partial charge on any atom is 0.275 e. The van der Waals surface area contributed by atoms with Crippen LogP contribution in [0.2, 0.25) is 0 Å². The lowest BCUT2D eigenvalue weighted by molar-refractivity contribution is -0.121. The summed E-state index contributed by atoms with van der Waals surface area (Å²) in [6.07, 6.45) is 3.35. The molecule has 0 saturated carbocycles. The van der Waals surface area contributed by atoms with E-state index in [9.17, 15) is 14.0 Å². The molecule has 0 radical (unpaired) electrons. The molecule has 2 aromatic heterocycles. The number of hydrogen-bond donors (Lipinski definition) is 1. The summed E-state index contributed by atoms with van der Waals surface area (Å²) in [7, 11) is 1.62. The van der Waals surface area contributed by atoms with Gasteiger partial charge in [0.1, 0.15) is 11.3 Å². The molecule has 3 aromatic rings. The van der Waals surface area contributed by atoms with Gasteiger partial charge in [-0.25, -0.2) is 4.39 Å². The molecule has 3 rings (SSSR count). The van der Waals surface area contributed by atoms with E-state index in [1.807, 2.05) is 0 Å². The van der Waals surface area contributed by atoms with E-state index in [0.717, 1.165) is 11.9 Å². The van der Waals surface area contributed by atoms with Crippen molar-refractivity contribution < 1.29 is 13.9 Å². The highest BCUT2D eigenvalue weighted by Gasteiger charge is 2.11. The molecule has 26 heavy (non-hydrogen) atoms. The number of rotatable bonds is 8. The molecule has 138 valence electrons. The Morgan fingerprint density at radius 3 is 2.85 bits per heavy atom. The third-order valence-corrected chi connectivity index (χ3v) is 4.33. The van der Waals surface area contributed by atoms with Gasteiger partial charge in [-0.05, 0) is 43.2 Å². The van der Waals surface area contributed by atoms with Gasteiger partial charge in [-0.15, -0.1) is 0 Å². The van der Waals surface area contributed by atoms with Gasteiger partial charge in [-0.1, -0.05) is 0 Å². The van der Waals surface area contributed by atoms with Gasteiger partial charge in [-0.2, -0.15) is 0 Å². The first-order chi connectivity index (χ1) is 12.6.